The van der Waals surface area contributed by atoms with Gasteiger partial charge in [0.1, 0.15) is 23.1 Å². The molecule has 2 aromatic rings. The van der Waals surface area contributed by atoms with Gasteiger partial charge in [-0.15, -0.1) is 0 Å². The first kappa shape index (κ1) is 14.9. The number of ether oxygens (including phenoxy) is 1. The molecule has 0 fully saturated rings. The third kappa shape index (κ3) is 3.55. The fraction of sp³-hybridized carbons (Fsp3) is 0.200. The fourth-order valence-corrected chi connectivity index (χ4v) is 2.06. The van der Waals surface area contributed by atoms with Crippen LogP contribution in [0.25, 0.3) is 0 Å². The number of hydrogen-bond donors (Lipinski definition) is 1. The van der Waals surface area contributed by atoms with Gasteiger partial charge in [-0.05, 0) is 46.7 Å². The molecule has 0 saturated carbocycles. The zero-order valence-electron chi connectivity index (χ0n) is 10.9. The summed E-state index contributed by atoms with van der Waals surface area (Å²) >= 11 is 3.28. The largest absolute Gasteiger partial charge is 0.456 e. The van der Waals surface area contributed by atoms with E-state index in [0.717, 1.165) is 6.54 Å². The van der Waals surface area contributed by atoms with Gasteiger partial charge in [0, 0.05) is 18.2 Å². The summed E-state index contributed by atoms with van der Waals surface area (Å²) in [4.78, 5) is 0. The Balaban J connectivity index is 2.33. The summed E-state index contributed by atoms with van der Waals surface area (Å²) in [6.07, 6.45) is 0. The first-order chi connectivity index (χ1) is 9.61. The minimum atomic E-state index is -0.409. The molecule has 0 aliphatic heterocycles. The summed E-state index contributed by atoms with van der Waals surface area (Å²) in [7, 11) is 0. The topological polar surface area (TPSA) is 21.3 Å². The lowest BCUT2D eigenvalue weighted by Crippen LogP contribution is -2.13. The van der Waals surface area contributed by atoms with E-state index in [2.05, 4.69) is 21.2 Å². The molecule has 0 saturated heterocycles. The molecule has 0 heterocycles. The summed E-state index contributed by atoms with van der Waals surface area (Å²) in [6, 6.07) is 8.72. The maximum absolute atomic E-state index is 13.9. The van der Waals surface area contributed by atoms with E-state index in [1.54, 1.807) is 18.2 Å². The number of benzene rings is 2. The van der Waals surface area contributed by atoms with Crippen LogP contribution in [0.15, 0.2) is 40.9 Å². The highest BCUT2D eigenvalue weighted by molar-refractivity contribution is 9.10. The minimum Gasteiger partial charge on any atom is -0.456 e. The van der Waals surface area contributed by atoms with Crippen molar-refractivity contribution in [3.05, 3.63) is 58.1 Å². The number of hydrogen-bond acceptors (Lipinski definition) is 2. The molecule has 0 aliphatic rings. The summed E-state index contributed by atoms with van der Waals surface area (Å²) in [5.74, 6) is -0.0746. The Morgan fingerprint density at radius 3 is 2.70 bits per heavy atom. The van der Waals surface area contributed by atoms with Crippen molar-refractivity contribution in [1.82, 2.24) is 5.32 Å². The van der Waals surface area contributed by atoms with E-state index in [4.69, 9.17) is 4.74 Å². The third-order valence-electron chi connectivity index (χ3n) is 2.74. The Labute approximate surface area is 124 Å². The summed E-state index contributed by atoms with van der Waals surface area (Å²) < 4.78 is 33.3. The van der Waals surface area contributed by atoms with Crippen molar-refractivity contribution in [3.8, 4) is 11.5 Å². The molecule has 20 heavy (non-hydrogen) atoms. The average Bonchev–Trinajstić information content (AvgIpc) is 2.42. The van der Waals surface area contributed by atoms with Crippen LogP contribution >= 0.6 is 15.9 Å². The van der Waals surface area contributed by atoms with Crippen molar-refractivity contribution in [3.63, 3.8) is 0 Å². The van der Waals surface area contributed by atoms with Crippen LogP contribution in [-0.2, 0) is 6.54 Å². The smallest absolute Gasteiger partial charge is 0.144 e. The standard InChI is InChI=1S/C15H14BrF2NO/c1-2-19-9-11-13(18)4-3-5-14(11)20-15-8-10(17)6-7-12(15)16/h3-8,19H,2,9H2,1H3. The molecule has 5 heteroatoms. The number of nitrogens with one attached hydrogen (secondary N) is 1. The molecule has 0 aromatic heterocycles. The molecule has 0 aliphatic carbocycles. The Morgan fingerprint density at radius 2 is 1.95 bits per heavy atom. The van der Waals surface area contributed by atoms with Crippen molar-refractivity contribution < 1.29 is 13.5 Å². The lowest BCUT2D eigenvalue weighted by atomic mass is 10.2. The van der Waals surface area contributed by atoms with Crippen LogP contribution in [0.4, 0.5) is 8.78 Å². The van der Waals surface area contributed by atoms with Crippen LogP contribution in [0.1, 0.15) is 12.5 Å². The second-order valence-corrected chi connectivity index (χ2v) is 5.03. The average molecular weight is 342 g/mol. The first-order valence-electron chi connectivity index (χ1n) is 6.23. The van der Waals surface area contributed by atoms with Crippen molar-refractivity contribution in [1.29, 1.82) is 0 Å². The maximum Gasteiger partial charge on any atom is 0.144 e. The number of rotatable bonds is 5. The van der Waals surface area contributed by atoms with Crippen molar-refractivity contribution >= 4 is 15.9 Å². The van der Waals surface area contributed by atoms with E-state index >= 15 is 0 Å². The third-order valence-corrected chi connectivity index (χ3v) is 3.40. The van der Waals surface area contributed by atoms with Gasteiger partial charge >= 0.3 is 0 Å². The Bertz CT molecular complexity index is 604. The maximum atomic E-state index is 13.9. The van der Waals surface area contributed by atoms with Gasteiger partial charge in [0.25, 0.3) is 0 Å². The van der Waals surface area contributed by atoms with Crippen LogP contribution in [0.2, 0.25) is 0 Å². The molecular weight excluding hydrogens is 328 g/mol. The van der Waals surface area contributed by atoms with E-state index in [1.165, 1.54) is 18.2 Å². The molecule has 0 amide bonds. The predicted molar refractivity (Wildman–Crippen MR) is 78.0 cm³/mol. The van der Waals surface area contributed by atoms with Crippen LogP contribution in [0.3, 0.4) is 0 Å². The summed E-state index contributed by atoms with van der Waals surface area (Å²) in [5.41, 5.74) is 0.422. The molecule has 2 rings (SSSR count). The molecular formula is C15H14BrF2NO. The van der Waals surface area contributed by atoms with Gasteiger partial charge in [-0.2, -0.15) is 0 Å². The van der Waals surface area contributed by atoms with Gasteiger partial charge in [-0.25, -0.2) is 8.78 Å². The van der Waals surface area contributed by atoms with Gasteiger partial charge in [0.15, 0.2) is 0 Å². The SMILES string of the molecule is CCNCc1c(F)cccc1Oc1cc(F)ccc1Br. The second-order valence-electron chi connectivity index (χ2n) is 4.17. The normalized spacial score (nSPS) is 10.6. The highest BCUT2D eigenvalue weighted by atomic mass is 79.9. The molecule has 0 spiro atoms. The first-order valence-corrected chi connectivity index (χ1v) is 7.02. The van der Waals surface area contributed by atoms with E-state index in [0.29, 0.717) is 28.1 Å². The predicted octanol–water partition coefficient (Wildman–Crippen LogP) is 4.63. The Hall–Kier alpha value is -1.46. The van der Waals surface area contributed by atoms with Crippen LogP contribution in [0, 0.1) is 11.6 Å². The van der Waals surface area contributed by atoms with Crippen LogP contribution < -0.4 is 10.1 Å². The fourth-order valence-electron chi connectivity index (χ4n) is 1.73. The quantitative estimate of drug-likeness (QED) is 0.856. The molecule has 0 unspecified atom stereocenters. The summed E-state index contributed by atoms with van der Waals surface area (Å²) in [6.45, 7) is 3.01. The van der Waals surface area contributed by atoms with E-state index in [9.17, 15) is 8.78 Å². The van der Waals surface area contributed by atoms with Gasteiger partial charge in [-0.3, -0.25) is 0 Å². The van der Waals surface area contributed by atoms with Gasteiger partial charge in [-0.1, -0.05) is 13.0 Å². The van der Waals surface area contributed by atoms with Gasteiger partial charge < -0.3 is 10.1 Å². The number of halogens is 3. The molecule has 1 N–H and O–H groups in total. The Morgan fingerprint density at radius 1 is 1.15 bits per heavy atom. The molecule has 2 nitrogen and oxygen atoms in total. The summed E-state index contributed by atoms with van der Waals surface area (Å²) in [5, 5.41) is 3.05. The van der Waals surface area contributed by atoms with Crippen molar-refractivity contribution in [2.45, 2.75) is 13.5 Å². The monoisotopic (exact) mass is 341 g/mol. The Kier molecular flexibility index (Phi) is 5.09. The van der Waals surface area contributed by atoms with E-state index < -0.39 is 5.82 Å². The van der Waals surface area contributed by atoms with E-state index in [1.807, 2.05) is 6.92 Å². The van der Waals surface area contributed by atoms with Gasteiger partial charge in [0.2, 0.25) is 0 Å². The zero-order chi connectivity index (χ0) is 14.5. The molecule has 2 aromatic carbocycles. The lowest BCUT2D eigenvalue weighted by molar-refractivity contribution is 0.456. The second kappa shape index (κ2) is 6.81. The highest BCUT2D eigenvalue weighted by Crippen LogP contribution is 2.32. The molecule has 0 radical (unpaired) electrons. The van der Waals surface area contributed by atoms with Crippen molar-refractivity contribution in [2.75, 3.05) is 6.54 Å². The molecule has 106 valence electrons. The van der Waals surface area contributed by atoms with E-state index in [-0.39, 0.29) is 5.82 Å². The zero-order valence-corrected chi connectivity index (χ0v) is 12.5. The van der Waals surface area contributed by atoms with Crippen LogP contribution in [-0.4, -0.2) is 6.54 Å². The minimum absolute atomic E-state index is 0.313. The lowest BCUT2D eigenvalue weighted by Gasteiger charge is -2.13. The molecule has 0 atom stereocenters. The van der Waals surface area contributed by atoms with Crippen LogP contribution in [0.5, 0.6) is 11.5 Å². The molecule has 0 bridgehead atoms. The highest BCUT2D eigenvalue weighted by Gasteiger charge is 2.12. The van der Waals surface area contributed by atoms with Crippen molar-refractivity contribution in [2.24, 2.45) is 0 Å². The van der Waals surface area contributed by atoms with Gasteiger partial charge in [0.05, 0.1) is 4.47 Å².